The molecular weight excluding hydrogens is 664 g/mol. The molecule has 4 saturated heterocycles. The molecule has 4 heterocycles. The first-order valence-electron chi connectivity index (χ1n) is 22.5. The van der Waals surface area contributed by atoms with Crippen LogP contribution < -0.4 is 0 Å². The maximum atomic E-state index is 7.27. The Morgan fingerprint density at radius 2 is 0.755 bits per heavy atom. The standard InChI is InChI=1S/C46H86O7/c1-19-23(5)38-30(12)32(14)41(36(18)47-38)51-46-43(33(15)31(13)40(50-46)25(7)21-3)53-45-35(17)27(9)29(11)42(52-45)37(22-4)48-44-34(16)26(8)28(10)39(49-44)24(6)20-2/h23-46H,19-22H2,1-18H3/t23-,24-,25-,26+,27+,28+,29+,30+,31+,32+,33+,34?,35?,36-,37-,38?,39?,40?,41?,42?,43?,44+,45-,46-/m1/s1. The quantitative estimate of drug-likeness (QED) is 0.175. The largest absolute Gasteiger partial charge is 0.372 e. The van der Waals surface area contributed by atoms with Gasteiger partial charge in [-0.2, -0.15) is 0 Å². The zero-order valence-corrected chi connectivity index (χ0v) is 37.5. The third-order valence-corrected chi connectivity index (χ3v) is 16.2. The monoisotopic (exact) mass is 751 g/mol. The summed E-state index contributed by atoms with van der Waals surface area (Å²) < 4.78 is 49.3. The zero-order valence-electron chi connectivity index (χ0n) is 37.5. The average Bonchev–Trinajstić information content (AvgIpc) is 3.15. The normalized spacial score (nSPS) is 49.2. The third-order valence-electron chi connectivity index (χ3n) is 16.2. The van der Waals surface area contributed by atoms with Gasteiger partial charge < -0.3 is 33.2 Å². The molecule has 0 aromatic rings. The van der Waals surface area contributed by atoms with Crippen molar-refractivity contribution < 1.29 is 33.2 Å². The van der Waals surface area contributed by atoms with Crippen molar-refractivity contribution in [2.24, 2.45) is 76.9 Å². The summed E-state index contributed by atoms with van der Waals surface area (Å²) in [6.07, 6.45) is 2.88. The van der Waals surface area contributed by atoms with E-state index in [1.807, 2.05) is 0 Å². The number of ether oxygens (including phenoxy) is 7. The SMILES string of the molecule is CC[C@@H](C)C1O[C@H](O[C@H](CC)C2O[C@H](OC3[C@@H](OC4[C@@H](C)[C@H](C)C([C@H](C)CC)O[C@@H]4C)OC([C@H](C)CC)[C@@H](C)[C@@H]3C)C(C)[C@@H](C)[C@@H]2C)C(C)[C@@H](C)[C@@H]1C. The van der Waals surface area contributed by atoms with Crippen LogP contribution in [0.5, 0.6) is 0 Å². The number of hydrogen-bond acceptors (Lipinski definition) is 7. The molecule has 0 aromatic heterocycles. The Hall–Kier alpha value is -0.280. The Bertz CT molecular complexity index is 1090. The fourth-order valence-corrected chi connectivity index (χ4v) is 10.3. The minimum atomic E-state index is -0.509. The van der Waals surface area contributed by atoms with Gasteiger partial charge in [0.15, 0.2) is 18.9 Å². The van der Waals surface area contributed by atoms with E-state index in [0.29, 0.717) is 65.1 Å². The summed E-state index contributed by atoms with van der Waals surface area (Å²) in [5.74, 6) is 4.84. The molecule has 4 aliphatic heterocycles. The molecular formula is C46H86O7. The van der Waals surface area contributed by atoms with Crippen molar-refractivity contribution in [3.05, 3.63) is 0 Å². The van der Waals surface area contributed by atoms with E-state index in [4.69, 9.17) is 33.2 Å². The second-order valence-corrected chi connectivity index (χ2v) is 19.2. The molecule has 53 heavy (non-hydrogen) atoms. The number of rotatable bonds is 14. The van der Waals surface area contributed by atoms with Gasteiger partial charge in [-0.1, -0.05) is 137 Å². The van der Waals surface area contributed by atoms with E-state index in [9.17, 15) is 0 Å². The molecule has 24 atom stereocenters. The first-order chi connectivity index (χ1) is 24.9. The molecule has 0 N–H and O–H groups in total. The first-order valence-corrected chi connectivity index (χ1v) is 22.5. The van der Waals surface area contributed by atoms with Gasteiger partial charge >= 0.3 is 0 Å². The lowest BCUT2D eigenvalue weighted by atomic mass is 9.75. The highest BCUT2D eigenvalue weighted by Crippen LogP contribution is 2.46. The molecule has 0 spiro atoms. The molecule has 0 aromatic carbocycles. The van der Waals surface area contributed by atoms with E-state index in [1.54, 1.807) is 0 Å². The van der Waals surface area contributed by atoms with Gasteiger partial charge in [-0.25, -0.2) is 0 Å². The van der Waals surface area contributed by atoms with Crippen LogP contribution in [-0.4, -0.2) is 67.7 Å². The smallest absolute Gasteiger partial charge is 0.184 e. The Labute approximate surface area is 327 Å². The second kappa shape index (κ2) is 19.4. The van der Waals surface area contributed by atoms with Gasteiger partial charge in [0.1, 0.15) is 6.10 Å². The first kappa shape index (κ1) is 45.4. The zero-order chi connectivity index (χ0) is 39.6. The van der Waals surface area contributed by atoms with Crippen LogP contribution in [0, 0.1) is 76.9 Å². The van der Waals surface area contributed by atoms with E-state index >= 15 is 0 Å². The van der Waals surface area contributed by atoms with Crippen molar-refractivity contribution in [1.29, 1.82) is 0 Å². The molecule has 0 saturated carbocycles. The second-order valence-electron chi connectivity index (χ2n) is 19.2. The Morgan fingerprint density at radius 3 is 1.25 bits per heavy atom. The van der Waals surface area contributed by atoms with Crippen molar-refractivity contribution in [2.45, 2.75) is 218 Å². The summed E-state index contributed by atoms with van der Waals surface area (Å²) >= 11 is 0. The Balaban J connectivity index is 1.58. The fourth-order valence-electron chi connectivity index (χ4n) is 10.3. The van der Waals surface area contributed by atoms with Gasteiger partial charge in [-0.05, 0) is 78.4 Å². The van der Waals surface area contributed by atoms with E-state index < -0.39 is 12.6 Å². The van der Waals surface area contributed by atoms with Crippen LogP contribution in [0.1, 0.15) is 150 Å². The lowest BCUT2D eigenvalue weighted by molar-refractivity contribution is -0.367. The van der Waals surface area contributed by atoms with E-state index in [-0.39, 0.29) is 67.0 Å². The minimum Gasteiger partial charge on any atom is -0.372 e. The van der Waals surface area contributed by atoms with Gasteiger partial charge in [0.2, 0.25) is 0 Å². The van der Waals surface area contributed by atoms with E-state index in [2.05, 4.69) is 125 Å². The van der Waals surface area contributed by atoms with Gasteiger partial charge in [0.25, 0.3) is 0 Å². The molecule has 312 valence electrons. The van der Waals surface area contributed by atoms with Crippen molar-refractivity contribution in [1.82, 2.24) is 0 Å². The predicted octanol–water partition coefficient (Wildman–Crippen LogP) is 11.0. The molecule has 0 amide bonds. The van der Waals surface area contributed by atoms with Crippen LogP contribution in [0.25, 0.3) is 0 Å². The van der Waals surface area contributed by atoms with E-state index in [0.717, 1.165) is 25.7 Å². The average molecular weight is 751 g/mol. The van der Waals surface area contributed by atoms with Crippen molar-refractivity contribution in [2.75, 3.05) is 0 Å². The molecule has 0 aliphatic carbocycles. The van der Waals surface area contributed by atoms with Crippen LogP contribution in [-0.2, 0) is 33.2 Å². The van der Waals surface area contributed by atoms with Gasteiger partial charge in [0.05, 0.1) is 42.7 Å². The summed E-state index contributed by atoms with van der Waals surface area (Å²) in [5, 5.41) is 0. The summed E-state index contributed by atoms with van der Waals surface area (Å²) in [5.41, 5.74) is 0. The lowest BCUT2D eigenvalue weighted by Gasteiger charge is -2.53. The highest BCUT2D eigenvalue weighted by atomic mass is 16.8. The van der Waals surface area contributed by atoms with E-state index in [1.165, 1.54) is 0 Å². The molecule has 7 heteroatoms. The topological polar surface area (TPSA) is 64.6 Å². The summed E-state index contributed by atoms with van der Waals surface area (Å²) in [6.45, 7) is 41.5. The Morgan fingerprint density at radius 1 is 0.377 bits per heavy atom. The van der Waals surface area contributed by atoms with Crippen molar-refractivity contribution >= 4 is 0 Å². The maximum Gasteiger partial charge on any atom is 0.184 e. The fraction of sp³-hybridized carbons (Fsp3) is 1.00. The van der Waals surface area contributed by atoms with Crippen LogP contribution in [0.15, 0.2) is 0 Å². The number of hydrogen-bond donors (Lipinski definition) is 0. The van der Waals surface area contributed by atoms with Crippen LogP contribution in [0.3, 0.4) is 0 Å². The van der Waals surface area contributed by atoms with Crippen LogP contribution in [0.2, 0.25) is 0 Å². The van der Waals surface area contributed by atoms with Crippen LogP contribution in [0.4, 0.5) is 0 Å². The van der Waals surface area contributed by atoms with Gasteiger partial charge in [0, 0.05) is 11.8 Å². The molecule has 0 radical (unpaired) electrons. The predicted molar refractivity (Wildman–Crippen MR) is 215 cm³/mol. The van der Waals surface area contributed by atoms with Crippen molar-refractivity contribution in [3.63, 3.8) is 0 Å². The molecule has 8 unspecified atom stereocenters. The Kier molecular flexibility index (Phi) is 16.7. The van der Waals surface area contributed by atoms with Gasteiger partial charge in [-0.15, -0.1) is 0 Å². The maximum absolute atomic E-state index is 7.27. The minimum absolute atomic E-state index is 0.0336. The molecule has 0 bridgehead atoms. The highest BCUT2D eigenvalue weighted by molar-refractivity contribution is 4.95. The molecule has 7 nitrogen and oxygen atoms in total. The lowest BCUT2D eigenvalue weighted by Crippen LogP contribution is -2.60. The van der Waals surface area contributed by atoms with Crippen LogP contribution >= 0.6 is 0 Å². The molecule has 4 rings (SSSR count). The van der Waals surface area contributed by atoms with Gasteiger partial charge in [-0.3, -0.25) is 0 Å². The highest BCUT2D eigenvalue weighted by Gasteiger charge is 2.52. The molecule has 4 fully saturated rings. The van der Waals surface area contributed by atoms with Crippen molar-refractivity contribution in [3.8, 4) is 0 Å². The third kappa shape index (κ3) is 9.55. The summed E-state index contributed by atoms with van der Waals surface area (Å²) in [6, 6.07) is 0. The molecule has 4 aliphatic rings. The summed E-state index contributed by atoms with van der Waals surface area (Å²) in [7, 11) is 0. The summed E-state index contributed by atoms with van der Waals surface area (Å²) in [4.78, 5) is 0.